The molecule has 1 aliphatic rings. The average Bonchev–Trinajstić information content (AvgIpc) is 3.17. The first kappa shape index (κ1) is 23.3. The van der Waals surface area contributed by atoms with Crippen LogP contribution in [0.15, 0.2) is 42.6 Å². The topological polar surface area (TPSA) is 103 Å². The van der Waals surface area contributed by atoms with E-state index in [4.69, 9.17) is 4.74 Å². The fourth-order valence-corrected chi connectivity index (χ4v) is 5.52. The monoisotopic (exact) mass is 471 g/mol. The molecule has 0 unspecified atom stereocenters. The van der Waals surface area contributed by atoms with Crippen LogP contribution < -0.4 is 4.74 Å². The summed E-state index contributed by atoms with van der Waals surface area (Å²) in [6.07, 6.45) is 3.84. The van der Waals surface area contributed by atoms with Gasteiger partial charge in [-0.15, -0.1) is 0 Å². The first-order valence-corrected chi connectivity index (χ1v) is 12.7. The number of aromatic carboxylic acids is 1. The lowest BCUT2D eigenvalue weighted by Gasteiger charge is -2.32. The minimum atomic E-state index is -3.37. The van der Waals surface area contributed by atoms with Crippen LogP contribution in [0.4, 0.5) is 0 Å². The van der Waals surface area contributed by atoms with Gasteiger partial charge in [-0.2, -0.15) is 0 Å². The second-order valence-electron chi connectivity index (χ2n) is 8.53. The molecule has 2 aromatic carbocycles. The number of nitrogens with zero attached hydrogens (tertiary/aromatic N) is 2. The molecule has 4 rings (SSSR count). The van der Waals surface area contributed by atoms with Crippen LogP contribution in [0.5, 0.6) is 5.75 Å². The van der Waals surface area contributed by atoms with E-state index in [1.54, 1.807) is 31.4 Å². The molecule has 0 radical (unpaired) electrons. The van der Waals surface area contributed by atoms with Crippen molar-refractivity contribution in [2.24, 2.45) is 0 Å². The van der Waals surface area contributed by atoms with Gasteiger partial charge in [-0.05, 0) is 48.7 Å². The van der Waals surface area contributed by atoms with E-state index in [0.29, 0.717) is 32.6 Å². The number of aromatic amines is 1. The van der Waals surface area contributed by atoms with Gasteiger partial charge in [0, 0.05) is 54.9 Å². The molecule has 1 aromatic heterocycles. The lowest BCUT2D eigenvalue weighted by molar-refractivity contribution is 0.0696. The van der Waals surface area contributed by atoms with Crippen LogP contribution in [0.25, 0.3) is 10.9 Å². The lowest BCUT2D eigenvalue weighted by atomic mass is 10.0. The SMILES string of the molecule is COc1cc(C)c2[nH]ccc2c1CN1CCCN(S(C)(=O)=O)C[C@@H]1c1ccc(C(=O)O)cc1. The van der Waals surface area contributed by atoms with Crippen LogP contribution in [-0.4, -0.2) is 66.7 Å². The van der Waals surface area contributed by atoms with E-state index >= 15 is 0 Å². The predicted molar refractivity (Wildman–Crippen MR) is 127 cm³/mol. The van der Waals surface area contributed by atoms with Crippen LogP contribution in [0, 0.1) is 6.92 Å². The molecule has 0 saturated carbocycles. The first-order chi connectivity index (χ1) is 15.7. The molecule has 1 saturated heterocycles. The van der Waals surface area contributed by atoms with Crippen molar-refractivity contribution in [3.8, 4) is 5.75 Å². The summed E-state index contributed by atoms with van der Waals surface area (Å²) < 4.78 is 32.1. The number of benzene rings is 2. The Balaban J connectivity index is 1.76. The fourth-order valence-electron chi connectivity index (χ4n) is 4.64. The lowest BCUT2D eigenvalue weighted by Crippen LogP contribution is -2.37. The molecule has 3 aromatic rings. The molecule has 1 aliphatic heterocycles. The van der Waals surface area contributed by atoms with Gasteiger partial charge in [0.15, 0.2) is 0 Å². The number of hydrogen-bond acceptors (Lipinski definition) is 5. The highest BCUT2D eigenvalue weighted by atomic mass is 32.2. The van der Waals surface area contributed by atoms with Gasteiger partial charge in [0.05, 0.1) is 18.9 Å². The summed E-state index contributed by atoms with van der Waals surface area (Å²) in [4.78, 5) is 16.9. The number of aromatic nitrogens is 1. The van der Waals surface area contributed by atoms with Crippen LogP contribution in [0.1, 0.15) is 39.5 Å². The summed E-state index contributed by atoms with van der Waals surface area (Å²) in [6.45, 7) is 4.05. The largest absolute Gasteiger partial charge is 0.496 e. The number of rotatable bonds is 6. The number of fused-ring (bicyclic) bond motifs is 1. The number of methoxy groups -OCH3 is 1. The minimum absolute atomic E-state index is 0.202. The third-order valence-electron chi connectivity index (χ3n) is 6.37. The normalized spacial score (nSPS) is 18.3. The Morgan fingerprint density at radius 1 is 1.21 bits per heavy atom. The standard InChI is InChI=1S/C24H29N3O5S/c1-16-13-22(32-2)20(19-9-10-25-23(16)19)14-26-11-4-12-27(33(3,30)31)15-21(26)17-5-7-18(8-6-17)24(28)29/h5-10,13,21,25H,4,11-12,14-15H2,1-3H3,(H,28,29)/t21-/m1/s1. The smallest absolute Gasteiger partial charge is 0.335 e. The zero-order valence-electron chi connectivity index (χ0n) is 19.0. The van der Waals surface area contributed by atoms with Crippen molar-refractivity contribution in [1.82, 2.24) is 14.2 Å². The van der Waals surface area contributed by atoms with Crippen LogP contribution in [-0.2, 0) is 16.6 Å². The Labute approximate surface area is 193 Å². The molecule has 1 atom stereocenters. The Kier molecular flexibility index (Phi) is 6.47. The Morgan fingerprint density at radius 3 is 2.58 bits per heavy atom. The summed E-state index contributed by atoms with van der Waals surface area (Å²) in [5, 5.41) is 10.4. The summed E-state index contributed by atoms with van der Waals surface area (Å²) >= 11 is 0. The molecule has 0 bridgehead atoms. The maximum absolute atomic E-state index is 12.4. The van der Waals surface area contributed by atoms with Gasteiger partial charge in [0.2, 0.25) is 10.0 Å². The molecule has 0 amide bonds. The molecule has 1 fully saturated rings. The Morgan fingerprint density at radius 2 is 1.94 bits per heavy atom. The van der Waals surface area contributed by atoms with E-state index in [9.17, 15) is 18.3 Å². The number of ether oxygens (including phenoxy) is 1. The number of aryl methyl sites for hydroxylation is 1. The molecule has 0 spiro atoms. The van der Waals surface area contributed by atoms with Crippen LogP contribution in [0.3, 0.4) is 0 Å². The summed E-state index contributed by atoms with van der Waals surface area (Å²) in [5.41, 5.74) is 4.27. The highest BCUT2D eigenvalue weighted by Crippen LogP contribution is 2.35. The van der Waals surface area contributed by atoms with Crippen molar-refractivity contribution >= 4 is 26.9 Å². The van der Waals surface area contributed by atoms with Crippen molar-refractivity contribution in [2.75, 3.05) is 33.0 Å². The fraction of sp³-hybridized carbons (Fsp3) is 0.375. The maximum Gasteiger partial charge on any atom is 0.335 e. The second-order valence-corrected chi connectivity index (χ2v) is 10.5. The Hall–Kier alpha value is -2.88. The number of carboxylic acids is 1. The first-order valence-electron chi connectivity index (χ1n) is 10.8. The summed E-state index contributed by atoms with van der Waals surface area (Å²) in [7, 11) is -1.71. The van der Waals surface area contributed by atoms with Crippen molar-refractivity contribution in [3.63, 3.8) is 0 Å². The predicted octanol–water partition coefficient (Wildman–Crippen LogP) is 3.39. The van der Waals surface area contributed by atoms with Gasteiger partial charge in [-0.3, -0.25) is 4.90 Å². The summed E-state index contributed by atoms with van der Waals surface area (Å²) in [5.74, 6) is -0.194. The van der Waals surface area contributed by atoms with Gasteiger partial charge in [-0.1, -0.05) is 12.1 Å². The maximum atomic E-state index is 12.4. The zero-order valence-corrected chi connectivity index (χ0v) is 19.9. The Bertz CT molecular complexity index is 1270. The quantitative estimate of drug-likeness (QED) is 0.571. The van der Waals surface area contributed by atoms with Gasteiger partial charge < -0.3 is 14.8 Å². The molecule has 2 N–H and O–H groups in total. The third kappa shape index (κ3) is 4.75. The second kappa shape index (κ2) is 9.17. The highest BCUT2D eigenvalue weighted by Gasteiger charge is 2.31. The summed E-state index contributed by atoms with van der Waals surface area (Å²) in [6, 6.07) is 10.5. The number of hydrogen-bond donors (Lipinski definition) is 2. The zero-order chi connectivity index (χ0) is 23.8. The average molecular weight is 472 g/mol. The molecule has 2 heterocycles. The van der Waals surface area contributed by atoms with Crippen LogP contribution in [0.2, 0.25) is 0 Å². The van der Waals surface area contributed by atoms with Crippen molar-refractivity contribution in [1.29, 1.82) is 0 Å². The molecular weight excluding hydrogens is 442 g/mol. The van der Waals surface area contributed by atoms with Crippen molar-refractivity contribution in [2.45, 2.75) is 25.9 Å². The van der Waals surface area contributed by atoms with Gasteiger partial charge in [0.25, 0.3) is 0 Å². The molecule has 8 nitrogen and oxygen atoms in total. The van der Waals surface area contributed by atoms with E-state index in [-0.39, 0.29) is 11.6 Å². The van der Waals surface area contributed by atoms with E-state index in [0.717, 1.165) is 33.3 Å². The van der Waals surface area contributed by atoms with Gasteiger partial charge >= 0.3 is 5.97 Å². The van der Waals surface area contributed by atoms with E-state index < -0.39 is 16.0 Å². The third-order valence-corrected chi connectivity index (χ3v) is 7.64. The van der Waals surface area contributed by atoms with Gasteiger partial charge in [-0.25, -0.2) is 17.5 Å². The number of sulfonamides is 1. The van der Waals surface area contributed by atoms with E-state index in [1.807, 2.05) is 25.3 Å². The van der Waals surface area contributed by atoms with E-state index in [1.165, 1.54) is 10.6 Å². The van der Waals surface area contributed by atoms with E-state index in [2.05, 4.69) is 9.88 Å². The van der Waals surface area contributed by atoms with Gasteiger partial charge in [0.1, 0.15) is 5.75 Å². The molecule has 9 heteroatoms. The number of nitrogens with one attached hydrogen (secondary N) is 1. The van der Waals surface area contributed by atoms with Crippen molar-refractivity contribution in [3.05, 3.63) is 64.8 Å². The number of H-pyrrole nitrogens is 1. The molecule has 33 heavy (non-hydrogen) atoms. The van der Waals surface area contributed by atoms with Crippen LogP contribution >= 0.6 is 0 Å². The molecule has 0 aliphatic carbocycles. The molecule has 176 valence electrons. The minimum Gasteiger partial charge on any atom is -0.496 e. The highest BCUT2D eigenvalue weighted by molar-refractivity contribution is 7.88. The number of carboxylic acid groups (broad SMARTS) is 1. The number of carbonyl (C=O) groups is 1. The molecular formula is C24H29N3O5S. The van der Waals surface area contributed by atoms with Crippen molar-refractivity contribution < 1.29 is 23.1 Å².